The molecule has 0 spiro atoms. The van der Waals surface area contributed by atoms with Gasteiger partial charge in [0, 0.05) is 64.5 Å². The van der Waals surface area contributed by atoms with Gasteiger partial charge in [-0.2, -0.15) is 0 Å². The van der Waals surface area contributed by atoms with Crippen LogP contribution in [0.1, 0.15) is 59.4 Å². The van der Waals surface area contributed by atoms with Gasteiger partial charge in [0.25, 0.3) is 11.5 Å². The average molecular weight is 441 g/mol. The molecule has 0 unspecified atom stereocenters. The Labute approximate surface area is 192 Å². The van der Waals surface area contributed by atoms with Gasteiger partial charge >= 0.3 is 0 Å². The highest BCUT2D eigenvalue weighted by atomic mass is 16.1. The lowest BCUT2D eigenvalue weighted by molar-refractivity contribution is 0.0952. The maximum atomic E-state index is 13.4. The lowest BCUT2D eigenvalue weighted by Crippen LogP contribution is -2.28. The summed E-state index contributed by atoms with van der Waals surface area (Å²) < 4.78 is 2.27. The topological polar surface area (TPSA) is 79.8 Å². The van der Waals surface area contributed by atoms with Crippen molar-refractivity contribution in [3.63, 3.8) is 0 Å². The first-order chi connectivity index (χ1) is 16.0. The molecule has 33 heavy (non-hydrogen) atoms. The van der Waals surface area contributed by atoms with Gasteiger partial charge in [0.2, 0.25) is 0 Å². The van der Waals surface area contributed by atoms with Gasteiger partial charge in [0.1, 0.15) is 0 Å². The number of aryl methyl sites for hydroxylation is 2. The Kier molecular flexibility index (Phi) is 5.58. The van der Waals surface area contributed by atoms with Crippen LogP contribution in [0.3, 0.4) is 0 Å². The molecule has 1 aromatic carbocycles. The Morgan fingerprint density at radius 3 is 2.79 bits per heavy atom. The van der Waals surface area contributed by atoms with E-state index in [-0.39, 0.29) is 18.0 Å². The zero-order valence-corrected chi connectivity index (χ0v) is 19.0. The standard InChI is InChI=1S/C27H28N4O2/c1-3-5-18-12-17(2)30-27(33)24(18)16-29-26(32)23-13-20(19-6-4-10-28-15-19)14-25-22(23)9-11-31(25)21-7-8-21/h4,6,9-15,21H,3,5,7-8,16H2,1-2H3,(H,29,32)(H,30,33). The normalized spacial score (nSPS) is 13.4. The zero-order chi connectivity index (χ0) is 22.9. The summed E-state index contributed by atoms with van der Waals surface area (Å²) in [6.45, 7) is 4.17. The molecule has 6 heteroatoms. The number of H-pyrrole nitrogens is 1. The van der Waals surface area contributed by atoms with Crippen molar-refractivity contribution in [2.75, 3.05) is 0 Å². The maximum Gasteiger partial charge on any atom is 0.253 e. The lowest BCUT2D eigenvalue weighted by Gasteiger charge is -2.13. The van der Waals surface area contributed by atoms with E-state index in [1.165, 1.54) is 12.8 Å². The van der Waals surface area contributed by atoms with Gasteiger partial charge in [-0.05, 0) is 67.6 Å². The SMILES string of the molecule is CCCc1cc(C)[nH]c(=O)c1CNC(=O)c1cc(-c2cccnc2)cc2c1ccn2C1CC1. The number of aromatic nitrogens is 3. The molecule has 5 rings (SSSR count). The summed E-state index contributed by atoms with van der Waals surface area (Å²) in [5, 5.41) is 3.94. The van der Waals surface area contributed by atoms with Gasteiger partial charge in [-0.15, -0.1) is 0 Å². The van der Waals surface area contributed by atoms with Crippen molar-refractivity contribution >= 4 is 16.8 Å². The number of nitrogens with zero attached hydrogens (tertiary/aromatic N) is 2. The Bertz CT molecular complexity index is 1380. The van der Waals surface area contributed by atoms with Crippen molar-refractivity contribution in [3.8, 4) is 11.1 Å². The first-order valence-corrected chi connectivity index (χ1v) is 11.6. The van der Waals surface area contributed by atoms with Crippen LogP contribution in [0, 0.1) is 6.92 Å². The Hall–Kier alpha value is -3.67. The number of benzene rings is 1. The van der Waals surface area contributed by atoms with Crippen LogP contribution < -0.4 is 10.9 Å². The minimum absolute atomic E-state index is 0.132. The summed E-state index contributed by atoms with van der Waals surface area (Å²) >= 11 is 0. The Morgan fingerprint density at radius 1 is 1.21 bits per heavy atom. The second kappa shape index (κ2) is 8.70. The fourth-order valence-electron chi connectivity index (χ4n) is 4.56. The smallest absolute Gasteiger partial charge is 0.253 e. The van der Waals surface area contributed by atoms with Crippen LogP contribution in [-0.2, 0) is 13.0 Å². The minimum Gasteiger partial charge on any atom is -0.348 e. The lowest BCUT2D eigenvalue weighted by atomic mass is 10.00. The van der Waals surface area contributed by atoms with Gasteiger partial charge in [-0.3, -0.25) is 14.6 Å². The van der Waals surface area contributed by atoms with Crippen molar-refractivity contribution in [1.29, 1.82) is 0 Å². The zero-order valence-electron chi connectivity index (χ0n) is 19.0. The quantitative estimate of drug-likeness (QED) is 0.428. The van der Waals surface area contributed by atoms with Crippen LogP contribution in [-0.4, -0.2) is 20.4 Å². The Balaban J connectivity index is 1.52. The highest BCUT2D eigenvalue weighted by molar-refractivity contribution is 6.08. The van der Waals surface area contributed by atoms with E-state index in [9.17, 15) is 9.59 Å². The number of rotatable bonds is 7. The molecule has 1 aliphatic rings. The largest absolute Gasteiger partial charge is 0.348 e. The fourth-order valence-corrected chi connectivity index (χ4v) is 4.56. The van der Waals surface area contributed by atoms with Crippen molar-refractivity contribution < 1.29 is 4.79 Å². The highest BCUT2D eigenvalue weighted by Gasteiger charge is 2.26. The van der Waals surface area contributed by atoms with Gasteiger partial charge in [0.05, 0.1) is 0 Å². The molecule has 168 valence electrons. The molecular formula is C27H28N4O2. The number of hydrogen-bond acceptors (Lipinski definition) is 3. The second-order valence-corrected chi connectivity index (χ2v) is 8.87. The summed E-state index contributed by atoms with van der Waals surface area (Å²) in [5.41, 5.74) is 5.94. The molecule has 1 amide bonds. The predicted octanol–water partition coefficient (Wildman–Crippen LogP) is 4.92. The molecule has 0 saturated heterocycles. The van der Waals surface area contributed by atoms with Crippen molar-refractivity contribution in [2.24, 2.45) is 0 Å². The summed E-state index contributed by atoms with van der Waals surface area (Å²) in [4.78, 5) is 33.1. The maximum absolute atomic E-state index is 13.4. The first kappa shape index (κ1) is 21.2. The summed E-state index contributed by atoms with van der Waals surface area (Å²) in [5.74, 6) is -0.179. The minimum atomic E-state index is -0.179. The van der Waals surface area contributed by atoms with Gasteiger partial charge in [0.15, 0.2) is 0 Å². The van der Waals surface area contributed by atoms with Crippen LogP contribution in [0.15, 0.2) is 59.8 Å². The van der Waals surface area contributed by atoms with Gasteiger partial charge in [-0.25, -0.2) is 0 Å². The molecule has 1 saturated carbocycles. The van der Waals surface area contributed by atoms with Crippen molar-refractivity contribution in [2.45, 2.75) is 52.1 Å². The molecule has 6 nitrogen and oxygen atoms in total. The van der Waals surface area contributed by atoms with E-state index in [4.69, 9.17) is 0 Å². The number of amides is 1. The van der Waals surface area contributed by atoms with Crippen LogP contribution in [0.25, 0.3) is 22.0 Å². The van der Waals surface area contributed by atoms with Gasteiger partial charge in [-0.1, -0.05) is 19.4 Å². The van der Waals surface area contributed by atoms with E-state index >= 15 is 0 Å². The third-order valence-electron chi connectivity index (χ3n) is 6.33. The number of fused-ring (bicyclic) bond motifs is 1. The van der Waals surface area contributed by atoms with Crippen LogP contribution in [0.2, 0.25) is 0 Å². The molecule has 4 aromatic rings. The van der Waals surface area contributed by atoms with E-state index in [0.29, 0.717) is 17.2 Å². The molecule has 1 fully saturated rings. The third kappa shape index (κ3) is 4.21. The molecule has 3 aromatic heterocycles. The van der Waals surface area contributed by atoms with E-state index < -0.39 is 0 Å². The molecular weight excluding hydrogens is 412 g/mol. The van der Waals surface area contributed by atoms with Crippen molar-refractivity contribution in [3.05, 3.63) is 87.7 Å². The molecule has 0 aliphatic heterocycles. The molecule has 2 N–H and O–H groups in total. The highest BCUT2D eigenvalue weighted by Crippen LogP contribution is 2.39. The number of hydrogen-bond donors (Lipinski definition) is 2. The van der Waals surface area contributed by atoms with E-state index in [1.54, 1.807) is 6.20 Å². The third-order valence-corrected chi connectivity index (χ3v) is 6.33. The van der Waals surface area contributed by atoms with Crippen LogP contribution in [0.4, 0.5) is 0 Å². The second-order valence-electron chi connectivity index (χ2n) is 8.87. The molecule has 0 radical (unpaired) electrons. The molecule has 3 heterocycles. The number of carbonyl (C=O) groups excluding carboxylic acids is 1. The summed E-state index contributed by atoms with van der Waals surface area (Å²) in [6.07, 6.45) is 9.72. The first-order valence-electron chi connectivity index (χ1n) is 11.6. The molecule has 0 bridgehead atoms. The van der Waals surface area contributed by atoms with E-state index in [1.807, 2.05) is 43.5 Å². The van der Waals surface area contributed by atoms with E-state index in [2.05, 4.69) is 39.0 Å². The number of pyridine rings is 2. The van der Waals surface area contributed by atoms with E-state index in [0.717, 1.165) is 46.1 Å². The number of carbonyl (C=O) groups is 1. The average Bonchev–Trinajstić information content (AvgIpc) is 3.57. The number of aromatic amines is 1. The monoisotopic (exact) mass is 440 g/mol. The summed E-state index contributed by atoms with van der Waals surface area (Å²) in [7, 11) is 0. The van der Waals surface area contributed by atoms with Crippen LogP contribution in [0.5, 0.6) is 0 Å². The van der Waals surface area contributed by atoms with Crippen LogP contribution >= 0.6 is 0 Å². The molecule has 1 aliphatic carbocycles. The van der Waals surface area contributed by atoms with Crippen molar-refractivity contribution in [1.82, 2.24) is 19.9 Å². The fraction of sp³-hybridized carbons (Fsp3) is 0.296. The number of nitrogens with one attached hydrogen (secondary N) is 2. The summed E-state index contributed by atoms with van der Waals surface area (Å²) in [6, 6.07) is 12.5. The molecule has 0 atom stereocenters. The predicted molar refractivity (Wildman–Crippen MR) is 130 cm³/mol. The van der Waals surface area contributed by atoms with Gasteiger partial charge < -0.3 is 14.9 Å². The Morgan fingerprint density at radius 2 is 2.06 bits per heavy atom.